The van der Waals surface area contributed by atoms with E-state index in [2.05, 4.69) is 15.5 Å². The van der Waals surface area contributed by atoms with Gasteiger partial charge in [-0.2, -0.15) is 0 Å². The molecule has 0 atom stereocenters. The lowest BCUT2D eigenvalue weighted by molar-refractivity contribution is -0.118. The fourth-order valence-electron chi connectivity index (χ4n) is 3.12. The van der Waals surface area contributed by atoms with Crippen LogP contribution >= 0.6 is 11.8 Å². The van der Waals surface area contributed by atoms with Gasteiger partial charge in [0.05, 0.1) is 12.9 Å². The minimum absolute atomic E-state index is 0.0474. The van der Waals surface area contributed by atoms with E-state index in [0.717, 1.165) is 38.4 Å². The number of hydrogen-bond acceptors (Lipinski definition) is 5. The molecule has 4 aromatic rings. The van der Waals surface area contributed by atoms with Crippen molar-refractivity contribution < 1.29 is 9.53 Å². The highest BCUT2D eigenvalue weighted by atomic mass is 32.2. The number of thioether (sulfide) groups is 1. The number of hydrogen-bond donors (Lipinski definition) is 1. The Morgan fingerprint density at radius 1 is 0.900 bits per heavy atom. The zero-order valence-corrected chi connectivity index (χ0v) is 17.4. The van der Waals surface area contributed by atoms with Crippen LogP contribution in [0.2, 0.25) is 0 Å². The highest BCUT2D eigenvalue weighted by Gasteiger charge is 2.12. The van der Waals surface area contributed by atoms with Crippen molar-refractivity contribution >= 4 is 28.4 Å². The summed E-state index contributed by atoms with van der Waals surface area (Å²) in [6, 6.07) is 25.7. The maximum atomic E-state index is 12.3. The van der Waals surface area contributed by atoms with Crippen molar-refractivity contribution in [2.24, 2.45) is 0 Å². The van der Waals surface area contributed by atoms with Crippen LogP contribution in [0.1, 0.15) is 5.56 Å². The fraction of sp³-hybridized carbons (Fsp3) is 0.125. The van der Waals surface area contributed by atoms with Crippen LogP contribution in [-0.4, -0.2) is 29.0 Å². The predicted molar refractivity (Wildman–Crippen MR) is 121 cm³/mol. The molecule has 30 heavy (non-hydrogen) atoms. The molecule has 1 aromatic heterocycles. The zero-order valence-electron chi connectivity index (χ0n) is 16.5. The van der Waals surface area contributed by atoms with Crippen molar-refractivity contribution in [3.8, 4) is 17.0 Å². The Labute approximate surface area is 179 Å². The largest absolute Gasteiger partial charge is 0.497 e. The van der Waals surface area contributed by atoms with Crippen LogP contribution in [0.5, 0.6) is 5.75 Å². The monoisotopic (exact) mass is 415 g/mol. The molecule has 0 aliphatic heterocycles. The molecule has 5 nitrogen and oxygen atoms in total. The highest BCUT2D eigenvalue weighted by Crippen LogP contribution is 2.31. The molecule has 0 saturated carbocycles. The van der Waals surface area contributed by atoms with Gasteiger partial charge in [0.1, 0.15) is 16.5 Å². The maximum Gasteiger partial charge on any atom is 0.230 e. The second kappa shape index (κ2) is 9.41. The quantitative estimate of drug-likeness (QED) is 0.443. The van der Waals surface area contributed by atoms with E-state index in [1.807, 2.05) is 78.9 Å². The predicted octanol–water partition coefficient (Wildman–Crippen LogP) is 4.71. The Balaban J connectivity index is 1.44. The minimum atomic E-state index is -0.0474. The number of carbonyl (C=O) groups excluding carboxylic acids is 1. The molecule has 0 bridgehead atoms. The summed E-state index contributed by atoms with van der Waals surface area (Å²) in [6.45, 7) is 0.475. The molecule has 0 aliphatic carbocycles. The zero-order chi connectivity index (χ0) is 20.8. The number of aromatic nitrogens is 2. The number of rotatable bonds is 7. The van der Waals surface area contributed by atoms with Crippen molar-refractivity contribution in [3.05, 3.63) is 84.4 Å². The van der Waals surface area contributed by atoms with E-state index in [0.29, 0.717) is 6.54 Å². The van der Waals surface area contributed by atoms with Crippen LogP contribution in [0.3, 0.4) is 0 Å². The number of ether oxygens (including phenoxy) is 1. The van der Waals surface area contributed by atoms with E-state index in [1.54, 1.807) is 7.11 Å². The Kier molecular flexibility index (Phi) is 6.25. The molecule has 0 aliphatic rings. The van der Waals surface area contributed by atoms with Gasteiger partial charge >= 0.3 is 0 Å². The Morgan fingerprint density at radius 3 is 2.33 bits per heavy atom. The van der Waals surface area contributed by atoms with Crippen LogP contribution in [0.4, 0.5) is 0 Å². The lowest BCUT2D eigenvalue weighted by Crippen LogP contribution is -2.24. The number of amides is 1. The third-order valence-corrected chi connectivity index (χ3v) is 5.67. The van der Waals surface area contributed by atoms with Crippen molar-refractivity contribution in [2.75, 3.05) is 12.9 Å². The van der Waals surface area contributed by atoms with Crippen molar-refractivity contribution in [2.45, 2.75) is 11.6 Å². The molecular weight excluding hydrogens is 394 g/mol. The average Bonchev–Trinajstić information content (AvgIpc) is 2.82. The molecule has 6 heteroatoms. The van der Waals surface area contributed by atoms with E-state index in [9.17, 15) is 4.79 Å². The first-order valence-corrected chi connectivity index (χ1v) is 10.6. The highest BCUT2D eigenvalue weighted by molar-refractivity contribution is 8.00. The van der Waals surface area contributed by atoms with E-state index >= 15 is 0 Å². The molecule has 0 unspecified atom stereocenters. The van der Waals surface area contributed by atoms with Gasteiger partial charge in [0, 0.05) is 22.9 Å². The van der Waals surface area contributed by atoms with Crippen LogP contribution in [0, 0.1) is 0 Å². The van der Waals surface area contributed by atoms with E-state index < -0.39 is 0 Å². The number of benzene rings is 3. The van der Waals surface area contributed by atoms with Crippen LogP contribution < -0.4 is 10.1 Å². The van der Waals surface area contributed by atoms with E-state index in [1.165, 1.54) is 11.8 Å². The third-order valence-electron chi connectivity index (χ3n) is 4.69. The molecule has 0 spiro atoms. The summed E-state index contributed by atoms with van der Waals surface area (Å²) in [5.41, 5.74) is 2.89. The summed E-state index contributed by atoms with van der Waals surface area (Å²) in [4.78, 5) is 12.3. The fourth-order valence-corrected chi connectivity index (χ4v) is 3.93. The van der Waals surface area contributed by atoms with Gasteiger partial charge in [-0.25, -0.2) is 0 Å². The van der Waals surface area contributed by atoms with Crippen LogP contribution in [0.15, 0.2) is 83.9 Å². The lowest BCUT2D eigenvalue weighted by atomic mass is 10.1. The second-order valence-corrected chi connectivity index (χ2v) is 7.64. The van der Waals surface area contributed by atoms with Crippen molar-refractivity contribution in [3.63, 3.8) is 0 Å². The molecular formula is C24H21N3O2S. The maximum absolute atomic E-state index is 12.3. The van der Waals surface area contributed by atoms with Gasteiger partial charge in [0.2, 0.25) is 5.91 Å². The first-order valence-electron chi connectivity index (χ1n) is 9.58. The average molecular weight is 416 g/mol. The number of methoxy groups -OCH3 is 1. The lowest BCUT2D eigenvalue weighted by Gasteiger charge is -2.09. The molecule has 1 N–H and O–H groups in total. The van der Waals surface area contributed by atoms with Crippen molar-refractivity contribution in [1.29, 1.82) is 0 Å². The van der Waals surface area contributed by atoms with Crippen LogP contribution in [0.25, 0.3) is 22.0 Å². The number of carbonyl (C=O) groups is 1. The van der Waals surface area contributed by atoms with E-state index in [-0.39, 0.29) is 11.7 Å². The molecule has 150 valence electrons. The van der Waals surface area contributed by atoms with Gasteiger partial charge in [0.15, 0.2) is 0 Å². The van der Waals surface area contributed by atoms with Crippen molar-refractivity contribution in [1.82, 2.24) is 15.5 Å². The van der Waals surface area contributed by atoms with E-state index in [4.69, 9.17) is 4.74 Å². The van der Waals surface area contributed by atoms with Gasteiger partial charge < -0.3 is 10.1 Å². The summed E-state index contributed by atoms with van der Waals surface area (Å²) < 4.78 is 5.15. The third kappa shape index (κ3) is 4.60. The van der Waals surface area contributed by atoms with Crippen LogP contribution in [-0.2, 0) is 11.3 Å². The summed E-state index contributed by atoms with van der Waals surface area (Å²) >= 11 is 1.40. The van der Waals surface area contributed by atoms with Gasteiger partial charge in [-0.3, -0.25) is 4.79 Å². The Bertz CT molecular complexity index is 1150. The molecule has 0 saturated heterocycles. The van der Waals surface area contributed by atoms with Gasteiger partial charge in [0.25, 0.3) is 0 Å². The first-order chi connectivity index (χ1) is 14.7. The summed E-state index contributed by atoms with van der Waals surface area (Å²) in [6.07, 6.45) is 0. The smallest absolute Gasteiger partial charge is 0.230 e. The first kappa shape index (κ1) is 19.9. The summed E-state index contributed by atoms with van der Waals surface area (Å²) in [5, 5.41) is 14.6. The van der Waals surface area contributed by atoms with Gasteiger partial charge in [-0.1, -0.05) is 78.5 Å². The summed E-state index contributed by atoms with van der Waals surface area (Å²) in [5.74, 6) is 1.03. The van der Waals surface area contributed by atoms with Gasteiger partial charge in [-0.15, -0.1) is 10.2 Å². The molecule has 1 heterocycles. The topological polar surface area (TPSA) is 64.1 Å². The molecule has 3 aromatic carbocycles. The number of nitrogens with zero attached hydrogens (tertiary/aromatic N) is 2. The number of fused-ring (bicyclic) bond motifs is 1. The summed E-state index contributed by atoms with van der Waals surface area (Å²) in [7, 11) is 1.63. The SMILES string of the molecule is COc1ccc(CNC(=O)CSc2nnc(-c3ccccc3)c3ccccc23)cc1. The normalized spacial score (nSPS) is 10.7. The second-order valence-electron chi connectivity index (χ2n) is 6.68. The standard InChI is InChI=1S/C24H21N3O2S/c1-29-19-13-11-17(12-14-19)15-25-22(28)16-30-24-21-10-6-5-9-20(21)23(26-27-24)18-7-3-2-4-8-18/h2-14H,15-16H2,1H3,(H,25,28). The Morgan fingerprint density at radius 2 is 1.60 bits per heavy atom. The Hall–Kier alpha value is -3.38. The van der Waals surface area contributed by atoms with Gasteiger partial charge in [-0.05, 0) is 17.7 Å². The molecule has 1 amide bonds. The molecule has 4 rings (SSSR count). The molecule has 0 fully saturated rings. The number of nitrogens with one attached hydrogen (secondary N) is 1. The molecule has 0 radical (unpaired) electrons. The minimum Gasteiger partial charge on any atom is -0.497 e.